The molecule has 6 nitrogen and oxygen atoms in total. The molecule has 1 atom stereocenters. The molecular formula is C19H22N4O2. The minimum Gasteiger partial charge on any atom is -0.370 e. The van der Waals surface area contributed by atoms with Crippen molar-refractivity contribution in [2.75, 3.05) is 18.4 Å². The Kier molecular flexibility index (Phi) is 5.28. The average molecular weight is 338 g/mol. The molecule has 3 N–H and O–H groups in total. The highest BCUT2D eigenvalue weighted by molar-refractivity contribution is 5.94. The van der Waals surface area contributed by atoms with Gasteiger partial charge in [-0.2, -0.15) is 0 Å². The lowest BCUT2D eigenvalue weighted by Crippen LogP contribution is -2.43. The maximum absolute atomic E-state index is 12.7. The van der Waals surface area contributed by atoms with E-state index in [4.69, 9.17) is 5.73 Å². The van der Waals surface area contributed by atoms with Gasteiger partial charge >= 0.3 is 6.03 Å². The number of para-hydroxylation sites is 1. The lowest BCUT2D eigenvalue weighted by Gasteiger charge is -2.32. The van der Waals surface area contributed by atoms with Gasteiger partial charge in [0, 0.05) is 37.5 Å². The SMILES string of the molecule is NC(=O)C[C@H]1CCCN(C(=O)Nc2ccccc2-c2ccncc2)C1. The van der Waals surface area contributed by atoms with Crippen LogP contribution in [0.4, 0.5) is 10.5 Å². The van der Waals surface area contributed by atoms with Crippen molar-refractivity contribution in [1.82, 2.24) is 9.88 Å². The normalized spacial score (nSPS) is 17.1. The first-order chi connectivity index (χ1) is 12.1. The fraction of sp³-hybridized carbons (Fsp3) is 0.316. The largest absolute Gasteiger partial charge is 0.370 e. The van der Waals surface area contributed by atoms with Gasteiger partial charge in [-0.15, -0.1) is 0 Å². The van der Waals surface area contributed by atoms with Crippen LogP contribution in [0.1, 0.15) is 19.3 Å². The third-order valence-electron chi connectivity index (χ3n) is 4.46. The molecule has 0 spiro atoms. The summed E-state index contributed by atoms with van der Waals surface area (Å²) < 4.78 is 0. The number of likely N-dealkylation sites (tertiary alicyclic amines) is 1. The van der Waals surface area contributed by atoms with Gasteiger partial charge in [-0.25, -0.2) is 4.79 Å². The molecule has 0 aliphatic carbocycles. The number of nitrogens with two attached hydrogens (primary N) is 1. The summed E-state index contributed by atoms with van der Waals surface area (Å²) >= 11 is 0. The van der Waals surface area contributed by atoms with Crippen LogP contribution in [0.3, 0.4) is 0 Å². The summed E-state index contributed by atoms with van der Waals surface area (Å²) in [5, 5.41) is 3.00. The van der Waals surface area contributed by atoms with Crippen molar-refractivity contribution in [1.29, 1.82) is 0 Å². The molecule has 3 rings (SSSR count). The highest BCUT2D eigenvalue weighted by atomic mass is 16.2. The number of carbonyl (C=O) groups excluding carboxylic acids is 2. The molecule has 1 aromatic carbocycles. The molecule has 0 bridgehead atoms. The molecule has 0 radical (unpaired) electrons. The Hall–Kier alpha value is -2.89. The highest BCUT2D eigenvalue weighted by Crippen LogP contribution is 2.28. The smallest absolute Gasteiger partial charge is 0.321 e. The van der Waals surface area contributed by atoms with Crippen molar-refractivity contribution in [3.8, 4) is 11.1 Å². The van der Waals surface area contributed by atoms with E-state index < -0.39 is 0 Å². The zero-order valence-electron chi connectivity index (χ0n) is 14.0. The standard InChI is InChI=1S/C19H22N4O2/c20-18(24)12-14-4-3-11-23(13-14)19(25)22-17-6-2-1-5-16(17)15-7-9-21-10-8-15/h1-2,5-10,14H,3-4,11-13H2,(H2,20,24)(H,22,25)/t14-/m1/s1. The maximum Gasteiger partial charge on any atom is 0.321 e. The fourth-order valence-corrected chi connectivity index (χ4v) is 3.27. The zero-order chi connectivity index (χ0) is 17.6. The van der Waals surface area contributed by atoms with Crippen LogP contribution in [0.2, 0.25) is 0 Å². The van der Waals surface area contributed by atoms with Crippen molar-refractivity contribution in [2.24, 2.45) is 11.7 Å². The molecule has 6 heteroatoms. The second kappa shape index (κ2) is 7.79. The second-order valence-corrected chi connectivity index (χ2v) is 6.34. The monoisotopic (exact) mass is 338 g/mol. The van der Waals surface area contributed by atoms with E-state index in [1.807, 2.05) is 36.4 Å². The zero-order valence-corrected chi connectivity index (χ0v) is 14.0. The molecule has 130 valence electrons. The van der Waals surface area contributed by atoms with Gasteiger partial charge in [0.2, 0.25) is 5.91 Å². The minimum absolute atomic E-state index is 0.143. The van der Waals surface area contributed by atoms with Crippen molar-refractivity contribution >= 4 is 17.6 Å². The van der Waals surface area contributed by atoms with Crippen molar-refractivity contribution in [3.05, 3.63) is 48.8 Å². The molecular weight excluding hydrogens is 316 g/mol. The Morgan fingerprint density at radius 3 is 2.72 bits per heavy atom. The first-order valence-electron chi connectivity index (χ1n) is 8.47. The molecule has 3 amide bonds. The summed E-state index contributed by atoms with van der Waals surface area (Å²) in [4.78, 5) is 29.6. The summed E-state index contributed by atoms with van der Waals surface area (Å²) in [6.07, 6.45) is 5.61. The Bertz CT molecular complexity index is 748. The van der Waals surface area contributed by atoms with Gasteiger partial charge in [0.1, 0.15) is 0 Å². The lowest BCUT2D eigenvalue weighted by atomic mass is 9.95. The van der Waals surface area contributed by atoms with Gasteiger partial charge in [0.15, 0.2) is 0 Å². The first kappa shape index (κ1) is 17.0. The average Bonchev–Trinajstić information content (AvgIpc) is 2.62. The molecule has 0 unspecified atom stereocenters. The van der Waals surface area contributed by atoms with Crippen LogP contribution >= 0.6 is 0 Å². The maximum atomic E-state index is 12.7. The van der Waals surface area contributed by atoms with E-state index >= 15 is 0 Å². The van der Waals surface area contributed by atoms with Crippen molar-refractivity contribution < 1.29 is 9.59 Å². The molecule has 1 aliphatic rings. The van der Waals surface area contributed by atoms with Gasteiger partial charge in [-0.05, 0) is 42.5 Å². The number of anilines is 1. The van der Waals surface area contributed by atoms with Crippen LogP contribution in [0.15, 0.2) is 48.8 Å². The molecule has 1 aliphatic heterocycles. The molecule has 0 saturated carbocycles. The van der Waals surface area contributed by atoms with E-state index in [1.54, 1.807) is 17.3 Å². The number of primary amides is 1. The van der Waals surface area contributed by atoms with Crippen LogP contribution < -0.4 is 11.1 Å². The summed E-state index contributed by atoms with van der Waals surface area (Å²) in [6, 6.07) is 11.4. The number of rotatable bonds is 4. The minimum atomic E-state index is -0.310. The molecule has 2 aromatic rings. The van der Waals surface area contributed by atoms with Gasteiger partial charge < -0.3 is 16.0 Å². The van der Waals surface area contributed by atoms with Gasteiger partial charge in [0.05, 0.1) is 5.69 Å². The predicted octanol–water partition coefficient (Wildman–Crippen LogP) is 2.87. The second-order valence-electron chi connectivity index (χ2n) is 6.34. The van der Waals surface area contributed by atoms with Gasteiger partial charge in [-0.1, -0.05) is 18.2 Å². The molecule has 25 heavy (non-hydrogen) atoms. The van der Waals surface area contributed by atoms with Crippen LogP contribution in [0, 0.1) is 5.92 Å². The van der Waals surface area contributed by atoms with Crippen LogP contribution in [0.5, 0.6) is 0 Å². The number of hydrogen-bond donors (Lipinski definition) is 2. The van der Waals surface area contributed by atoms with E-state index in [1.165, 1.54) is 0 Å². The summed E-state index contributed by atoms with van der Waals surface area (Å²) in [7, 11) is 0. The van der Waals surface area contributed by atoms with Crippen LogP contribution in [-0.4, -0.2) is 34.9 Å². The number of hydrogen-bond acceptors (Lipinski definition) is 3. The Labute approximate surface area is 147 Å². The summed E-state index contributed by atoms with van der Waals surface area (Å²) in [5.41, 5.74) is 7.99. The van der Waals surface area contributed by atoms with Gasteiger partial charge in [0.25, 0.3) is 0 Å². The topological polar surface area (TPSA) is 88.3 Å². The summed E-state index contributed by atoms with van der Waals surface area (Å²) in [5.74, 6) is -0.164. The molecule has 1 aromatic heterocycles. The number of pyridine rings is 1. The number of urea groups is 1. The number of amides is 3. The third kappa shape index (κ3) is 4.35. The number of benzene rings is 1. The van der Waals surface area contributed by atoms with E-state index in [-0.39, 0.29) is 17.9 Å². The van der Waals surface area contributed by atoms with Crippen LogP contribution in [0.25, 0.3) is 11.1 Å². The number of nitrogens with zero attached hydrogens (tertiary/aromatic N) is 2. The van der Waals surface area contributed by atoms with E-state index in [0.717, 1.165) is 29.7 Å². The first-order valence-corrected chi connectivity index (χ1v) is 8.47. The van der Waals surface area contributed by atoms with E-state index in [9.17, 15) is 9.59 Å². The highest BCUT2D eigenvalue weighted by Gasteiger charge is 2.25. The quantitative estimate of drug-likeness (QED) is 0.898. The number of aromatic nitrogens is 1. The Morgan fingerprint density at radius 2 is 1.96 bits per heavy atom. The van der Waals surface area contributed by atoms with Gasteiger partial charge in [-0.3, -0.25) is 9.78 Å². The summed E-state index contributed by atoms with van der Waals surface area (Å²) in [6.45, 7) is 1.25. The lowest BCUT2D eigenvalue weighted by molar-refractivity contribution is -0.119. The van der Waals surface area contributed by atoms with Crippen molar-refractivity contribution in [3.63, 3.8) is 0 Å². The van der Waals surface area contributed by atoms with E-state index in [0.29, 0.717) is 19.5 Å². The predicted molar refractivity (Wildman–Crippen MR) is 96.8 cm³/mol. The third-order valence-corrected chi connectivity index (χ3v) is 4.46. The fourth-order valence-electron chi connectivity index (χ4n) is 3.27. The molecule has 1 saturated heterocycles. The molecule has 2 heterocycles. The van der Waals surface area contributed by atoms with E-state index in [2.05, 4.69) is 10.3 Å². The van der Waals surface area contributed by atoms with Crippen LogP contribution in [-0.2, 0) is 4.79 Å². The molecule has 1 fully saturated rings. The number of carbonyl (C=O) groups is 2. The Balaban J connectivity index is 1.72. The Morgan fingerprint density at radius 1 is 1.20 bits per heavy atom. The number of piperidine rings is 1. The number of nitrogens with one attached hydrogen (secondary N) is 1. The van der Waals surface area contributed by atoms with Crippen molar-refractivity contribution in [2.45, 2.75) is 19.3 Å².